The molecule has 0 atom stereocenters. The number of hydrogen-bond acceptors (Lipinski definition) is 5. The fraction of sp³-hybridized carbons (Fsp3) is 0.400. The van der Waals surface area contributed by atoms with E-state index in [2.05, 4.69) is 5.32 Å². The van der Waals surface area contributed by atoms with Gasteiger partial charge < -0.3 is 14.8 Å². The molecule has 1 heterocycles. The third-order valence-corrected chi connectivity index (χ3v) is 5.82. The fourth-order valence-corrected chi connectivity index (χ4v) is 4.50. The van der Waals surface area contributed by atoms with Crippen LogP contribution in [0.5, 0.6) is 5.75 Å². The summed E-state index contributed by atoms with van der Waals surface area (Å²) in [6.07, 6.45) is 5.02. The predicted octanol–water partition coefficient (Wildman–Crippen LogP) is 3.99. The largest absolute Gasteiger partial charge is 0.497 e. The number of aryl methyl sites for hydroxylation is 2. The number of esters is 1. The van der Waals surface area contributed by atoms with Crippen LogP contribution in [0.1, 0.15) is 45.6 Å². The second kappa shape index (κ2) is 8.36. The molecule has 1 amide bonds. The summed E-state index contributed by atoms with van der Waals surface area (Å²) in [5.41, 5.74) is 2.67. The molecule has 0 saturated heterocycles. The summed E-state index contributed by atoms with van der Waals surface area (Å²) in [4.78, 5) is 25.8. The quantitative estimate of drug-likeness (QED) is 0.778. The Morgan fingerprint density at radius 1 is 1.12 bits per heavy atom. The van der Waals surface area contributed by atoms with Crippen LogP contribution >= 0.6 is 11.3 Å². The third-order valence-electron chi connectivity index (χ3n) is 4.61. The summed E-state index contributed by atoms with van der Waals surface area (Å²) in [6, 6.07) is 7.68. The van der Waals surface area contributed by atoms with Crippen LogP contribution in [-0.4, -0.2) is 26.1 Å². The van der Waals surface area contributed by atoms with E-state index in [1.54, 1.807) is 7.11 Å². The Bertz CT molecular complexity index is 795. The molecule has 5 nitrogen and oxygen atoms in total. The molecule has 0 fully saturated rings. The summed E-state index contributed by atoms with van der Waals surface area (Å²) in [5, 5.41) is 3.56. The normalized spacial score (nSPS) is 13.0. The van der Waals surface area contributed by atoms with E-state index in [1.165, 1.54) is 23.3 Å². The summed E-state index contributed by atoms with van der Waals surface area (Å²) >= 11 is 1.51. The highest BCUT2D eigenvalue weighted by Crippen LogP contribution is 2.38. The van der Waals surface area contributed by atoms with E-state index in [9.17, 15) is 9.59 Å². The first-order valence-corrected chi connectivity index (χ1v) is 9.59. The first-order valence-electron chi connectivity index (χ1n) is 8.78. The Balaban J connectivity index is 1.68. The lowest BCUT2D eigenvalue weighted by Crippen LogP contribution is -2.15. The molecule has 0 spiro atoms. The minimum absolute atomic E-state index is 0.0930. The number of ether oxygens (including phenoxy) is 2. The van der Waals surface area contributed by atoms with E-state index in [-0.39, 0.29) is 11.9 Å². The topological polar surface area (TPSA) is 64.6 Å². The zero-order valence-corrected chi connectivity index (χ0v) is 15.9. The molecule has 1 N–H and O–H groups in total. The van der Waals surface area contributed by atoms with Crippen LogP contribution in [-0.2, 0) is 28.8 Å². The standard InChI is InChI=1S/C20H23NO4S/c1-24-14-10-7-13(8-11-14)9-12-17(22)21-19-18(20(23)25-2)15-5-3-4-6-16(15)26-19/h7-8,10-11H,3-6,9,12H2,1-2H3,(H,21,22). The van der Waals surface area contributed by atoms with E-state index >= 15 is 0 Å². The number of carbonyl (C=O) groups excluding carboxylic acids is 2. The lowest BCUT2D eigenvalue weighted by molar-refractivity contribution is -0.116. The molecule has 1 aliphatic carbocycles. The smallest absolute Gasteiger partial charge is 0.341 e. The van der Waals surface area contributed by atoms with Crippen molar-refractivity contribution >= 4 is 28.2 Å². The zero-order chi connectivity index (χ0) is 18.5. The fourth-order valence-electron chi connectivity index (χ4n) is 3.21. The Morgan fingerprint density at radius 2 is 1.85 bits per heavy atom. The Hall–Kier alpha value is -2.34. The molecule has 0 aliphatic heterocycles. The average Bonchev–Trinajstić information content (AvgIpc) is 3.03. The summed E-state index contributed by atoms with van der Waals surface area (Å²) in [7, 11) is 3.01. The number of anilines is 1. The second-order valence-electron chi connectivity index (χ2n) is 6.30. The van der Waals surface area contributed by atoms with E-state index in [0.29, 0.717) is 23.4 Å². The van der Waals surface area contributed by atoms with E-state index in [1.807, 2.05) is 24.3 Å². The number of fused-ring (bicyclic) bond motifs is 1. The number of amides is 1. The molecule has 0 saturated carbocycles. The van der Waals surface area contributed by atoms with Crippen LogP contribution < -0.4 is 10.1 Å². The number of methoxy groups -OCH3 is 2. The monoisotopic (exact) mass is 373 g/mol. The molecule has 1 aromatic carbocycles. The Labute approximate surface area is 157 Å². The maximum absolute atomic E-state index is 12.4. The number of rotatable bonds is 6. The van der Waals surface area contributed by atoms with Gasteiger partial charge >= 0.3 is 5.97 Å². The van der Waals surface area contributed by atoms with E-state index in [0.717, 1.165) is 42.6 Å². The van der Waals surface area contributed by atoms with Gasteiger partial charge in [0.25, 0.3) is 0 Å². The third kappa shape index (κ3) is 4.07. The van der Waals surface area contributed by atoms with Gasteiger partial charge in [-0.3, -0.25) is 4.79 Å². The minimum atomic E-state index is -0.366. The van der Waals surface area contributed by atoms with Gasteiger partial charge in [0.05, 0.1) is 19.8 Å². The van der Waals surface area contributed by atoms with Gasteiger partial charge in [-0.25, -0.2) is 4.79 Å². The maximum atomic E-state index is 12.4. The first-order chi connectivity index (χ1) is 12.6. The van der Waals surface area contributed by atoms with Gasteiger partial charge in [0.1, 0.15) is 10.8 Å². The lowest BCUT2D eigenvalue weighted by atomic mass is 9.95. The molecular formula is C20H23NO4S. The van der Waals surface area contributed by atoms with Crippen molar-refractivity contribution in [2.45, 2.75) is 38.5 Å². The number of nitrogens with one attached hydrogen (secondary N) is 1. The molecular weight excluding hydrogens is 350 g/mol. The molecule has 1 aliphatic rings. The molecule has 0 bridgehead atoms. The number of carbonyl (C=O) groups is 2. The molecule has 0 unspecified atom stereocenters. The van der Waals surface area contributed by atoms with Gasteiger partial charge in [-0.2, -0.15) is 0 Å². The average molecular weight is 373 g/mol. The van der Waals surface area contributed by atoms with Gasteiger partial charge in [0.15, 0.2) is 0 Å². The van der Waals surface area contributed by atoms with Crippen LogP contribution in [0, 0.1) is 0 Å². The van der Waals surface area contributed by atoms with Crippen molar-refractivity contribution in [1.82, 2.24) is 0 Å². The molecule has 26 heavy (non-hydrogen) atoms. The van der Waals surface area contributed by atoms with Gasteiger partial charge in [0.2, 0.25) is 5.91 Å². The molecule has 1 aromatic heterocycles. The second-order valence-corrected chi connectivity index (χ2v) is 7.41. The van der Waals surface area contributed by atoms with Crippen LogP contribution in [0.2, 0.25) is 0 Å². The van der Waals surface area contributed by atoms with Crippen LogP contribution in [0.3, 0.4) is 0 Å². The van der Waals surface area contributed by atoms with Crippen LogP contribution in [0.4, 0.5) is 5.00 Å². The first kappa shape index (κ1) is 18.5. The number of thiophene rings is 1. The number of hydrogen-bond donors (Lipinski definition) is 1. The van der Waals surface area contributed by atoms with Crippen LogP contribution in [0.25, 0.3) is 0 Å². The highest BCUT2D eigenvalue weighted by molar-refractivity contribution is 7.17. The molecule has 2 aromatic rings. The lowest BCUT2D eigenvalue weighted by Gasteiger charge is -2.11. The van der Waals surface area contributed by atoms with E-state index < -0.39 is 0 Å². The summed E-state index contributed by atoms with van der Waals surface area (Å²) in [5.74, 6) is 0.338. The van der Waals surface area contributed by atoms with Crippen molar-refractivity contribution in [2.24, 2.45) is 0 Å². The Kier molecular flexibility index (Phi) is 5.93. The minimum Gasteiger partial charge on any atom is -0.497 e. The predicted molar refractivity (Wildman–Crippen MR) is 102 cm³/mol. The van der Waals surface area contributed by atoms with Crippen molar-refractivity contribution in [3.05, 3.63) is 45.8 Å². The molecule has 138 valence electrons. The summed E-state index contributed by atoms with van der Waals surface area (Å²) < 4.78 is 10.1. The van der Waals surface area contributed by atoms with E-state index in [4.69, 9.17) is 9.47 Å². The molecule has 3 rings (SSSR count). The van der Waals surface area contributed by atoms with Gasteiger partial charge in [0, 0.05) is 11.3 Å². The van der Waals surface area contributed by atoms with Crippen molar-refractivity contribution in [3.8, 4) is 5.75 Å². The highest BCUT2D eigenvalue weighted by atomic mass is 32.1. The highest BCUT2D eigenvalue weighted by Gasteiger charge is 2.26. The van der Waals surface area contributed by atoms with Crippen molar-refractivity contribution in [3.63, 3.8) is 0 Å². The van der Waals surface area contributed by atoms with Gasteiger partial charge in [-0.15, -0.1) is 11.3 Å². The maximum Gasteiger partial charge on any atom is 0.341 e. The van der Waals surface area contributed by atoms with Crippen molar-refractivity contribution in [1.29, 1.82) is 0 Å². The SMILES string of the molecule is COC(=O)c1c(NC(=O)CCc2ccc(OC)cc2)sc2c1CCCC2. The van der Waals surface area contributed by atoms with Gasteiger partial charge in [-0.05, 0) is 55.4 Å². The molecule has 6 heteroatoms. The molecule has 0 radical (unpaired) electrons. The number of benzene rings is 1. The Morgan fingerprint density at radius 3 is 2.54 bits per heavy atom. The van der Waals surface area contributed by atoms with Gasteiger partial charge in [-0.1, -0.05) is 12.1 Å². The zero-order valence-electron chi connectivity index (χ0n) is 15.1. The van der Waals surface area contributed by atoms with Crippen molar-refractivity contribution in [2.75, 3.05) is 19.5 Å². The van der Waals surface area contributed by atoms with Crippen LogP contribution in [0.15, 0.2) is 24.3 Å². The van der Waals surface area contributed by atoms with Crippen molar-refractivity contribution < 1.29 is 19.1 Å². The summed E-state index contributed by atoms with van der Waals surface area (Å²) in [6.45, 7) is 0.